The van der Waals surface area contributed by atoms with Crippen LogP contribution < -0.4 is 21.3 Å². The Morgan fingerprint density at radius 3 is 2.68 bits per heavy atom. The topological polar surface area (TPSA) is 95.6 Å². The summed E-state index contributed by atoms with van der Waals surface area (Å²) in [7, 11) is 1.77. The van der Waals surface area contributed by atoms with Crippen LogP contribution in [0.15, 0.2) is 35.5 Å². The lowest BCUT2D eigenvalue weighted by Crippen LogP contribution is -2.40. The maximum Gasteiger partial charge on any atom is 0.220 e. The molecule has 0 spiro atoms. The van der Waals surface area contributed by atoms with Crippen LogP contribution in [0.1, 0.15) is 28.2 Å². The minimum absolute atomic E-state index is 0.0227. The van der Waals surface area contributed by atoms with E-state index in [1.54, 1.807) is 18.4 Å². The van der Waals surface area contributed by atoms with Crippen molar-refractivity contribution in [3.63, 3.8) is 0 Å². The number of aryl methyl sites for hydroxylation is 1. The number of thiophene rings is 1. The fourth-order valence-electron chi connectivity index (χ4n) is 3.38. The molecule has 0 atom stereocenters. The van der Waals surface area contributed by atoms with E-state index in [2.05, 4.69) is 50.6 Å². The number of nitrogens with two attached hydrogens (primary N) is 1. The fourth-order valence-corrected chi connectivity index (χ4v) is 4.21. The second-order valence-corrected chi connectivity index (χ2v) is 8.31. The minimum atomic E-state index is -0.196. The van der Waals surface area contributed by atoms with Gasteiger partial charge in [-0.2, -0.15) is 0 Å². The van der Waals surface area contributed by atoms with Crippen molar-refractivity contribution in [3.05, 3.63) is 45.8 Å². The van der Waals surface area contributed by atoms with Gasteiger partial charge in [0.2, 0.25) is 5.91 Å². The zero-order valence-corrected chi connectivity index (χ0v) is 17.3. The molecule has 0 aromatic carbocycles. The SMILES string of the molecule is CN=C(NCc1ccc(C)s1)NCc1cccnc1N1CCC(C(N)=O)CC1. The average Bonchev–Trinajstić information content (AvgIpc) is 3.13. The molecule has 1 saturated heterocycles. The molecular formula is C20H28N6OS. The summed E-state index contributed by atoms with van der Waals surface area (Å²) >= 11 is 1.78. The van der Waals surface area contributed by atoms with Gasteiger partial charge >= 0.3 is 0 Å². The monoisotopic (exact) mass is 400 g/mol. The van der Waals surface area contributed by atoms with Gasteiger partial charge in [-0.05, 0) is 38.0 Å². The molecule has 1 amide bonds. The molecule has 28 heavy (non-hydrogen) atoms. The van der Waals surface area contributed by atoms with Gasteiger partial charge in [0.15, 0.2) is 5.96 Å². The van der Waals surface area contributed by atoms with Crippen LogP contribution in [0.25, 0.3) is 0 Å². The largest absolute Gasteiger partial charge is 0.369 e. The number of rotatable bonds is 6. The number of piperidine rings is 1. The van der Waals surface area contributed by atoms with Gasteiger partial charge < -0.3 is 21.3 Å². The zero-order valence-electron chi connectivity index (χ0n) is 16.4. The Kier molecular flexibility index (Phi) is 6.86. The molecule has 2 aromatic heterocycles. The zero-order chi connectivity index (χ0) is 19.9. The number of hydrogen-bond donors (Lipinski definition) is 3. The van der Waals surface area contributed by atoms with E-state index >= 15 is 0 Å². The molecule has 4 N–H and O–H groups in total. The number of aromatic nitrogens is 1. The number of pyridine rings is 1. The van der Waals surface area contributed by atoms with Crippen LogP contribution in [0.2, 0.25) is 0 Å². The first-order valence-electron chi connectivity index (χ1n) is 9.55. The highest BCUT2D eigenvalue weighted by molar-refractivity contribution is 7.11. The number of nitrogens with one attached hydrogen (secondary N) is 2. The van der Waals surface area contributed by atoms with Crippen molar-refractivity contribution >= 4 is 29.0 Å². The third-order valence-electron chi connectivity index (χ3n) is 4.96. The predicted octanol–water partition coefficient (Wildman–Crippen LogP) is 2.02. The number of amides is 1. The second-order valence-electron chi connectivity index (χ2n) is 6.94. The maximum atomic E-state index is 11.4. The van der Waals surface area contributed by atoms with Gasteiger partial charge in [-0.1, -0.05) is 6.07 Å². The van der Waals surface area contributed by atoms with Crippen LogP contribution in [-0.2, 0) is 17.9 Å². The van der Waals surface area contributed by atoms with Crippen molar-refractivity contribution in [1.82, 2.24) is 15.6 Å². The summed E-state index contributed by atoms with van der Waals surface area (Å²) in [5, 5.41) is 6.72. The van der Waals surface area contributed by atoms with Crippen molar-refractivity contribution in [2.75, 3.05) is 25.0 Å². The van der Waals surface area contributed by atoms with Gasteiger partial charge in [-0.25, -0.2) is 4.98 Å². The van der Waals surface area contributed by atoms with Crippen molar-refractivity contribution in [2.45, 2.75) is 32.9 Å². The summed E-state index contributed by atoms with van der Waals surface area (Å²) < 4.78 is 0. The van der Waals surface area contributed by atoms with E-state index in [-0.39, 0.29) is 11.8 Å². The van der Waals surface area contributed by atoms with Gasteiger partial charge in [0, 0.05) is 54.1 Å². The number of carbonyl (C=O) groups is 1. The van der Waals surface area contributed by atoms with E-state index in [1.165, 1.54) is 9.75 Å². The molecule has 3 heterocycles. The van der Waals surface area contributed by atoms with Gasteiger partial charge in [0.05, 0.1) is 6.54 Å². The highest BCUT2D eigenvalue weighted by Crippen LogP contribution is 2.24. The molecule has 7 nitrogen and oxygen atoms in total. The smallest absolute Gasteiger partial charge is 0.220 e. The number of primary amides is 1. The number of hydrogen-bond acceptors (Lipinski definition) is 5. The second kappa shape index (κ2) is 9.54. The van der Waals surface area contributed by atoms with Crippen LogP contribution in [0.5, 0.6) is 0 Å². The summed E-state index contributed by atoms with van der Waals surface area (Å²) in [5.74, 6) is 1.50. The number of nitrogens with zero attached hydrogens (tertiary/aromatic N) is 3. The van der Waals surface area contributed by atoms with Crippen molar-refractivity contribution in [2.24, 2.45) is 16.6 Å². The van der Waals surface area contributed by atoms with E-state index in [1.807, 2.05) is 12.3 Å². The van der Waals surface area contributed by atoms with Crippen LogP contribution in [0.3, 0.4) is 0 Å². The van der Waals surface area contributed by atoms with Crippen LogP contribution in [0, 0.1) is 12.8 Å². The molecule has 2 aromatic rings. The Bertz CT molecular complexity index is 826. The van der Waals surface area contributed by atoms with E-state index in [0.29, 0.717) is 6.54 Å². The Morgan fingerprint density at radius 2 is 2.04 bits per heavy atom. The average molecular weight is 401 g/mol. The van der Waals surface area contributed by atoms with Crippen molar-refractivity contribution < 1.29 is 4.79 Å². The summed E-state index contributed by atoms with van der Waals surface area (Å²) in [6.07, 6.45) is 3.37. The highest BCUT2D eigenvalue weighted by atomic mass is 32.1. The van der Waals surface area contributed by atoms with E-state index in [4.69, 9.17) is 5.73 Å². The van der Waals surface area contributed by atoms with Crippen molar-refractivity contribution in [1.29, 1.82) is 0 Å². The molecule has 8 heteroatoms. The first kappa shape index (κ1) is 20.1. The number of aliphatic imine (C=N–C) groups is 1. The molecule has 0 unspecified atom stereocenters. The van der Waals surface area contributed by atoms with Crippen LogP contribution in [0.4, 0.5) is 5.82 Å². The van der Waals surface area contributed by atoms with Gasteiger partial charge in [-0.3, -0.25) is 9.79 Å². The summed E-state index contributed by atoms with van der Waals surface area (Å²) in [5.41, 5.74) is 6.55. The molecule has 150 valence electrons. The van der Waals surface area contributed by atoms with Gasteiger partial charge in [-0.15, -0.1) is 11.3 Å². The van der Waals surface area contributed by atoms with Crippen LogP contribution >= 0.6 is 11.3 Å². The molecule has 1 aliphatic rings. The number of guanidine groups is 1. The van der Waals surface area contributed by atoms with E-state index in [0.717, 1.165) is 49.8 Å². The van der Waals surface area contributed by atoms with Crippen LogP contribution in [-0.4, -0.2) is 37.0 Å². The lowest BCUT2D eigenvalue weighted by Gasteiger charge is -2.32. The standard InChI is InChI=1S/C20H28N6OS/c1-14-5-6-17(28-14)13-25-20(22-2)24-12-16-4-3-9-23-19(16)26-10-7-15(8-11-26)18(21)27/h3-6,9,15H,7-8,10-13H2,1-2H3,(H2,21,27)(H2,22,24,25). The Labute approximate surface area is 170 Å². The molecule has 0 aliphatic carbocycles. The molecular weight excluding hydrogens is 372 g/mol. The molecule has 0 bridgehead atoms. The molecule has 1 aliphatic heterocycles. The maximum absolute atomic E-state index is 11.4. The summed E-state index contributed by atoms with van der Waals surface area (Å²) in [6.45, 7) is 5.07. The number of carbonyl (C=O) groups excluding carboxylic acids is 1. The van der Waals surface area contributed by atoms with Gasteiger partial charge in [0.25, 0.3) is 0 Å². The highest BCUT2D eigenvalue weighted by Gasteiger charge is 2.24. The Morgan fingerprint density at radius 1 is 1.29 bits per heavy atom. The third kappa shape index (κ3) is 5.22. The molecule has 3 rings (SSSR count). The minimum Gasteiger partial charge on any atom is -0.369 e. The normalized spacial score (nSPS) is 15.5. The molecule has 1 fully saturated rings. The third-order valence-corrected chi connectivity index (χ3v) is 5.96. The fraction of sp³-hybridized carbons (Fsp3) is 0.450. The summed E-state index contributed by atoms with van der Waals surface area (Å²) in [6, 6.07) is 8.28. The summed E-state index contributed by atoms with van der Waals surface area (Å²) in [4.78, 5) is 25.1. The quantitative estimate of drug-likeness (QED) is 0.509. The lowest BCUT2D eigenvalue weighted by molar-refractivity contribution is -0.122. The molecule has 0 saturated carbocycles. The first-order valence-corrected chi connectivity index (χ1v) is 10.4. The Balaban J connectivity index is 1.57. The van der Waals surface area contributed by atoms with E-state index in [9.17, 15) is 4.79 Å². The Hall–Kier alpha value is -2.61. The molecule has 0 radical (unpaired) electrons. The van der Waals surface area contributed by atoms with Gasteiger partial charge in [0.1, 0.15) is 5.82 Å². The van der Waals surface area contributed by atoms with E-state index < -0.39 is 0 Å². The number of anilines is 1. The first-order chi connectivity index (χ1) is 13.6. The van der Waals surface area contributed by atoms with Crippen molar-refractivity contribution in [3.8, 4) is 0 Å². The lowest BCUT2D eigenvalue weighted by atomic mass is 9.96. The predicted molar refractivity (Wildman–Crippen MR) is 114 cm³/mol.